The Hall–Kier alpha value is -2.43. The van der Waals surface area contributed by atoms with Crippen LogP contribution in [0.25, 0.3) is 0 Å². The zero-order chi connectivity index (χ0) is 17.1. The molecule has 0 spiro atoms. The molecule has 5 heteroatoms. The summed E-state index contributed by atoms with van der Waals surface area (Å²) in [7, 11) is 0. The highest BCUT2D eigenvalue weighted by Gasteiger charge is 2.43. The Morgan fingerprint density at radius 3 is 2.79 bits per heavy atom. The van der Waals surface area contributed by atoms with E-state index in [4.69, 9.17) is 4.52 Å². The molecule has 0 amide bonds. The standard InChI is InChI=1S/C19H19FN2O2/c1-10-15-16(11-6-4-5-7-12(11)20)17-13(21-18(15)24-22-10)8-19(2,3)9-14(17)23/h4-7,16,21H,8-9H2,1-3H3/t16-/m0/s1. The molecule has 124 valence electrons. The molecule has 1 aliphatic heterocycles. The Bertz CT molecular complexity index is 879. The first kappa shape index (κ1) is 15.1. The summed E-state index contributed by atoms with van der Waals surface area (Å²) in [5.74, 6) is -0.203. The van der Waals surface area contributed by atoms with Crippen molar-refractivity contribution in [2.45, 2.75) is 39.5 Å². The van der Waals surface area contributed by atoms with Crippen molar-refractivity contribution < 1.29 is 13.7 Å². The van der Waals surface area contributed by atoms with Gasteiger partial charge in [0.05, 0.1) is 11.3 Å². The predicted molar refractivity (Wildman–Crippen MR) is 88.2 cm³/mol. The molecule has 0 unspecified atom stereocenters. The van der Waals surface area contributed by atoms with Crippen molar-refractivity contribution in [3.63, 3.8) is 0 Å². The average molecular weight is 326 g/mol. The van der Waals surface area contributed by atoms with Gasteiger partial charge in [-0.05, 0) is 24.8 Å². The minimum Gasteiger partial charge on any atom is -0.338 e. The molecule has 4 nitrogen and oxygen atoms in total. The number of hydrogen-bond donors (Lipinski definition) is 1. The number of ketones is 1. The van der Waals surface area contributed by atoms with Gasteiger partial charge in [0, 0.05) is 29.2 Å². The molecule has 24 heavy (non-hydrogen) atoms. The number of halogens is 1. The van der Waals surface area contributed by atoms with Crippen molar-refractivity contribution >= 4 is 11.7 Å². The Morgan fingerprint density at radius 1 is 1.29 bits per heavy atom. The number of Topliss-reactive ketones (excluding diaryl/α,β-unsaturated/α-hetero) is 1. The maximum absolute atomic E-state index is 14.5. The molecular formula is C19H19FN2O2. The number of nitrogens with zero attached hydrogens (tertiary/aromatic N) is 1. The van der Waals surface area contributed by atoms with Crippen LogP contribution >= 0.6 is 0 Å². The minimum absolute atomic E-state index is 0.0632. The van der Waals surface area contributed by atoms with Crippen LogP contribution in [0.3, 0.4) is 0 Å². The van der Waals surface area contributed by atoms with Gasteiger partial charge in [-0.2, -0.15) is 0 Å². The summed E-state index contributed by atoms with van der Waals surface area (Å²) in [5.41, 5.74) is 3.27. The van der Waals surface area contributed by atoms with Crippen LogP contribution in [0.4, 0.5) is 10.3 Å². The summed E-state index contributed by atoms with van der Waals surface area (Å²) < 4.78 is 19.9. The van der Waals surface area contributed by atoms with Crippen molar-refractivity contribution in [2.75, 3.05) is 5.32 Å². The second-order valence-electron chi connectivity index (χ2n) is 7.42. The monoisotopic (exact) mass is 326 g/mol. The molecule has 0 bridgehead atoms. The lowest BCUT2D eigenvalue weighted by Crippen LogP contribution is -2.33. The number of carbonyl (C=O) groups is 1. The van der Waals surface area contributed by atoms with E-state index in [-0.39, 0.29) is 17.0 Å². The van der Waals surface area contributed by atoms with Crippen LogP contribution in [0, 0.1) is 18.2 Å². The number of carbonyl (C=O) groups excluding carboxylic acids is 1. The first-order chi connectivity index (χ1) is 11.4. The first-order valence-electron chi connectivity index (χ1n) is 8.11. The number of fused-ring (bicyclic) bond motifs is 1. The maximum Gasteiger partial charge on any atom is 0.233 e. The van der Waals surface area contributed by atoms with E-state index in [2.05, 4.69) is 24.3 Å². The number of aromatic nitrogens is 1. The van der Waals surface area contributed by atoms with E-state index in [9.17, 15) is 9.18 Å². The minimum atomic E-state index is -0.465. The van der Waals surface area contributed by atoms with Crippen molar-refractivity contribution in [3.8, 4) is 0 Å². The molecule has 1 aliphatic carbocycles. The summed E-state index contributed by atoms with van der Waals surface area (Å²) in [5, 5.41) is 7.26. The lowest BCUT2D eigenvalue weighted by molar-refractivity contribution is -0.118. The normalized spacial score (nSPS) is 22.0. The van der Waals surface area contributed by atoms with Crippen LogP contribution < -0.4 is 5.32 Å². The van der Waals surface area contributed by atoms with Crippen molar-refractivity contribution in [2.24, 2.45) is 5.41 Å². The first-order valence-corrected chi connectivity index (χ1v) is 8.11. The summed E-state index contributed by atoms with van der Waals surface area (Å²) in [6.07, 6.45) is 1.18. The number of anilines is 1. The third-order valence-corrected chi connectivity index (χ3v) is 4.89. The van der Waals surface area contributed by atoms with Crippen LogP contribution in [0.2, 0.25) is 0 Å². The fraction of sp³-hybridized carbons (Fsp3) is 0.368. The van der Waals surface area contributed by atoms with Gasteiger partial charge in [0.25, 0.3) is 0 Å². The number of allylic oxidation sites excluding steroid dienone is 2. The summed E-state index contributed by atoms with van der Waals surface area (Å²) >= 11 is 0. The van der Waals surface area contributed by atoms with Gasteiger partial charge in [0.15, 0.2) is 5.78 Å². The molecule has 1 N–H and O–H groups in total. The van der Waals surface area contributed by atoms with Gasteiger partial charge in [-0.15, -0.1) is 0 Å². The smallest absolute Gasteiger partial charge is 0.233 e. The van der Waals surface area contributed by atoms with Crippen molar-refractivity contribution in [1.82, 2.24) is 5.16 Å². The van der Waals surface area contributed by atoms with E-state index in [0.29, 0.717) is 29.1 Å². The van der Waals surface area contributed by atoms with Gasteiger partial charge >= 0.3 is 0 Å². The van der Waals surface area contributed by atoms with Gasteiger partial charge in [-0.3, -0.25) is 4.79 Å². The van der Waals surface area contributed by atoms with E-state index >= 15 is 0 Å². The molecule has 2 heterocycles. The number of aryl methyl sites for hydroxylation is 1. The fourth-order valence-electron chi connectivity index (χ4n) is 3.89. The van der Waals surface area contributed by atoms with Crippen LogP contribution in [-0.4, -0.2) is 10.9 Å². The highest BCUT2D eigenvalue weighted by Crippen LogP contribution is 2.50. The second kappa shape index (κ2) is 5.03. The van der Waals surface area contributed by atoms with Gasteiger partial charge in [0.2, 0.25) is 5.88 Å². The number of rotatable bonds is 1. The van der Waals surface area contributed by atoms with Gasteiger partial charge in [-0.25, -0.2) is 4.39 Å². The van der Waals surface area contributed by atoms with Crippen molar-refractivity contribution in [3.05, 3.63) is 58.2 Å². The molecule has 2 aliphatic rings. The molecular weight excluding hydrogens is 307 g/mol. The lowest BCUT2D eigenvalue weighted by Gasteiger charge is -2.37. The quantitative estimate of drug-likeness (QED) is 0.848. The lowest BCUT2D eigenvalue weighted by atomic mass is 9.69. The summed E-state index contributed by atoms with van der Waals surface area (Å²) in [4.78, 5) is 12.9. The maximum atomic E-state index is 14.5. The Balaban J connectivity index is 1.97. The fourth-order valence-corrected chi connectivity index (χ4v) is 3.89. The number of nitrogens with one attached hydrogen (secondary N) is 1. The van der Waals surface area contributed by atoms with Gasteiger partial charge in [0.1, 0.15) is 5.82 Å². The van der Waals surface area contributed by atoms with E-state index < -0.39 is 5.92 Å². The summed E-state index contributed by atoms with van der Waals surface area (Å²) in [6, 6.07) is 6.61. The highest BCUT2D eigenvalue weighted by atomic mass is 19.1. The van der Waals surface area contributed by atoms with Crippen LogP contribution in [-0.2, 0) is 4.79 Å². The average Bonchev–Trinajstić information content (AvgIpc) is 2.86. The topological polar surface area (TPSA) is 55.1 Å². The third-order valence-electron chi connectivity index (χ3n) is 4.89. The largest absolute Gasteiger partial charge is 0.338 e. The summed E-state index contributed by atoms with van der Waals surface area (Å²) in [6.45, 7) is 5.95. The third kappa shape index (κ3) is 2.19. The Morgan fingerprint density at radius 2 is 2.04 bits per heavy atom. The molecule has 0 saturated carbocycles. The molecule has 1 atom stereocenters. The Labute approximate surface area is 139 Å². The van der Waals surface area contributed by atoms with Gasteiger partial charge < -0.3 is 9.84 Å². The van der Waals surface area contributed by atoms with Crippen LogP contribution in [0.15, 0.2) is 40.1 Å². The number of hydrogen-bond acceptors (Lipinski definition) is 4. The van der Waals surface area contributed by atoms with E-state index in [1.807, 2.05) is 6.92 Å². The van der Waals surface area contributed by atoms with Crippen LogP contribution in [0.1, 0.15) is 49.4 Å². The molecule has 1 aromatic heterocycles. The zero-order valence-corrected chi connectivity index (χ0v) is 13.9. The zero-order valence-electron chi connectivity index (χ0n) is 13.9. The van der Waals surface area contributed by atoms with E-state index in [0.717, 1.165) is 17.7 Å². The van der Waals surface area contributed by atoms with Crippen LogP contribution in [0.5, 0.6) is 0 Å². The molecule has 0 radical (unpaired) electrons. The van der Waals surface area contributed by atoms with Gasteiger partial charge in [-0.1, -0.05) is 37.2 Å². The second-order valence-corrected chi connectivity index (χ2v) is 7.42. The van der Waals surface area contributed by atoms with Crippen molar-refractivity contribution in [1.29, 1.82) is 0 Å². The molecule has 1 aromatic carbocycles. The molecule has 4 rings (SSSR count). The van der Waals surface area contributed by atoms with E-state index in [1.54, 1.807) is 18.2 Å². The highest BCUT2D eigenvalue weighted by molar-refractivity contribution is 6.01. The Kier molecular flexibility index (Phi) is 3.17. The molecule has 0 fully saturated rings. The predicted octanol–water partition coefficient (Wildman–Crippen LogP) is 4.32. The molecule has 2 aromatic rings. The number of benzene rings is 1. The SMILES string of the molecule is Cc1noc2c1[C@H](c1ccccc1F)C1=C(CC(C)(C)CC1=O)N2. The van der Waals surface area contributed by atoms with E-state index in [1.165, 1.54) is 6.07 Å². The molecule has 0 saturated heterocycles.